The number of hydrogen-bond acceptors (Lipinski definition) is 4. The Morgan fingerprint density at radius 1 is 1.53 bits per heavy atom. The summed E-state index contributed by atoms with van der Waals surface area (Å²) in [6.45, 7) is 1.90. The number of nitrogens with zero attached hydrogens (tertiary/aromatic N) is 2. The van der Waals surface area contributed by atoms with Gasteiger partial charge in [0.2, 0.25) is 0 Å². The molecule has 0 spiro atoms. The summed E-state index contributed by atoms with van der Waals surface area (Å²) in [4.78, 5) is 2.22. The van der Waals surface area contributed by atoms with E-state index in [1.54, 1.807) is 6.26 Å². The fraction of sp³-hybridized carbons (Fsp3) is 0.417. The third-order valence-corrected chi connectivity index (χ3v) is 3.13. The van der Waals surface area contributed by atoms with E-state index in [4.69, 9.17) is 10.2 Å². The summed E-state index contributed by atoms with van der Waals surface area (Å²) in [5.41, 5.74) is 6.87. The van der Waals surface area contributed by atoms with Crippen molar-refractivity contribution >= 4 is 5.82 Å². The van der Waals surface area contributed by atoms with Crippen LogP contribution in [0.1, 0.15) is 12.8 Å². The van der Waals surface area contributed by atoms with Crippen LogP contribution < -0.4 is 10.6 Å². The molecule has 90 valence electrons. The zero-order valence-corrected chi connectivity index (χ0v) is 9.60. The molecule has 1 saturated heterocycles. The molecule has 1 fully saturated rings. The Morgan fingerprint density at radius 2 is 2.47 bits per heavy atom. The van der Waals surface area contributed by atoms with Gasteiger partial charge in [0.25, 0.3) is 0 Å². The van der Waals surface area contributed by atoms with E-state index >= 15 is 0 Å². The summed E-state index contributed by atoms with van der Waals surface area (Å²) in [5, 5.41) is 7.31. The van der Waals surface area contributed by atoms with Crippen LogP contribution in [0.3, 0.4) is 0 Å². The lowest BCUT2D eigenvalue weighted by atomic mass is 10.1. The number of furan rings is 1. The van der Waals surface area contributed by atoms with Crippen LogP contribution in [-0.4, -0.2) is 29.3 Å². The van der Waals surface area contributed by atoms with Gasteiger partial charge in [0.05, 0.1) is 6.26 Å². The van der Waals surface area contributed by atoms with Gasteiger partial charge in [-0.25, -0.2) is 0 Å². The molecule has 2 aromatic heterocycles. The number of anilines is 1. The lowest BCUT2D eigenvalue weighted by molar-refractivity contribution is 0.503. The van der Waals surface area contributed by atoms with Crippen molar-refractivity contribution in [1.82, 2.24) is 10.2 Å². The van der Waals surface area contributed by atoms with E-state index in [-0.39, 0.29) is 6.04 Å². The summed E-state index contributed by atoms with van der Waals surface area (Å²) in [7, 11) is 0. The van der Waals surface area contributed by atoms with Gasteiger partial charge in [-0.15, -0.1) is 0 Å². The van der Waals surface area contributed by atoms with Crippen molar-refractivity contribution in [3.63, 3.8) is 0 Å². The van der Waals surface area contributed by atoms with Crippen LogP contribution in [0.15, 0.2) is 28.9 Å². The van der Waals surface area contributed by atoms with E-state index in [0.717, 1.165) is 43.2 Å². The first-order chi connectivity index (χ1) is 8.33. The highest BCUT2D eigenvalue weighted by atomic mass is 16.3. The van der Waals surface area contributed by atoms with Crippen molar-refractivity contribution in [3.05, 3.63) is 24.5 Å². The Balaban J connectivity index is 1.80. The normalized spacial score (nSPS) is 20.8. The van der Waals surface area contributed by atoms with Gasteiger partial charge in [0.1, 0.15) is 5.69 Å². The monoisotopic (exact) mass is 232 g/mol. The Labute approximate surface area is 99.6 Å². The van der Waals surface area contributed by atoms with E-state index in [1.807, 2.05) is 18.2 Å². The maximum absolute atomic E-state index is 5.97. The number of nitrogens with two attached hydrogens (primary N) is 1. The van der Waals surface area contributed by atoms with Crippen molar-refractivity contribution in [3.8, 4) is 11.5 Å². The van der Waals surface area contributed by atoms with Gasteiger partial charge in [0, 0.05) is 25.2 Å². The number of hydrogen-bond donors (Lipinski definition) is 2. The van der Waals surface area contributed by atoms with Crippen molar-refractivity contribution < 1.29 is 4.42 Å². The molecule has 3 rings (SSSR count). The van der Waals surface area contributed by atoms with Gasteiger partial charge < -0.3 is 15.1 Å². The topological polar surface area (TPSA) is 71.1 Å². The lowest BCUT2D eigenvalue weighted by Gasteiger charge is -2.30. The molecule has 0 bridgehead atoms. The molecule has 2 aromatic rings. The zero-order chi connectivity index (χ0) is 11.7. The quantitative estimate of drug-likeness (QED) is 0.825. The predicted molar refractivity (Wildman–Crippen MR) is 65.7 cm³/mol. The van der Waals surface area contributed by atoms with Crippen LogP contribution >= 0.6 is 0 Å². The summed E-state index contributed by atoms with van der Waals surface area (Å²) in [6, 6.07) is 6.05. The minimum absolute atomic E-state index is 0.257. The molecule has 17 heavy (non-hydrogen) atoms. The molecule has 1 aliphatic rings. The van der Waals surface area contributed by atoms with Gasteiger partial charge >= 0.3 is 0 Å². The molecule has 0 unspecified atom stereocenters. The first-order valence-electron chi connectivity index (χ1n) is 5.93. The molecule has 3 heterocycles. The molecular formula is C12H16N4O. The molecule has 0 saturated carbocycles. The maximum Gasteiger partial charge on any atom is 0.151 e. The maximum atomic E-state index is 5.97. The number of aromatic amines is 1. The largest absolute Gasteiger partial charge is 0.463 e. The van der Waals surface area contributed by atoms with Crippen LogP contribution in [0, 0.1) is 0 Å². The number of aromatic nitrogens is 2. The highest BCUT2D eigenvalue weighted by molar-refractivity contribution is 5.58. The minimum Gasteiger partial charge on any atom is -0.463 e. The predicted octanol–water partition coefficient (Wildman–Crippen LogP) is 1.60. The van der Waals surface area contributed by atoms with E-state index in [2.05, 4.69) is 15.1 Å². The first kappa shape index (κ1) is 10.4. The van der Waals surface area contributed by atoms with Crippen molar-refractivity contribution in [2.24, 2.45) is 5.73 Å². The second-order valence-electron chi connectivity index (χ2n) is 4.47. The van der Waals surface area contributed by atoms with Gasteiger partial charge in [-0.05, 0) is 25.0 Å². The van der Waals surface area contributed by atoms with Crippen LogP contribution in [-0.2, 0) is 0 Å². The van der Waals surface area contributed by atoms with Crippen molar-refractivity contribution in [2.75, 3.05) is 18.0 Å². The second-order valence-corrected chi connectivity index (χ2v) is 4.47. The Kier molecular flexibility index (Phi) is 2.60. The molecule has 5 nitrogen and oxygen atoms in total. The average Bonchev–Trinajstić information content (AvgIpc) is 3.00. The van der Waals surface area contributed by atoms with Gasteiger partial charge in [0.15, 0.2) is 11.6 Å². The van der Waals surface area contributed by atoms with E-state index in [9.17, 15) is 0 Å². The van der Waals surface area contributed by atoms with Gasteiger partial charge in [-0.1, -0.05) is 0 Å². The minimum atomic E-state index is 0.257. The van der Waals surface area contributed by atoms with E-state index in [0.29, 0.717) is 0 Å². The number of nitrogens with one attached hydrogen (secondary N) is 1. The first-order valence-corrected chi connectivity index (χ1v) is 5.93. The van der Waals surface area contributed by atoms with Crippen molar-refractivity contribution in [1.29, 1.82) is 0 Å². The highest BCUT2D eigenvalue weighted by Crippen LogP contribution is 2.23. The fourth-order valence-corrected chi connectivity index (χ4v) is 2.25. The molecule has 0 aliphatic carbocycles. The van der Waals surface area contributed by atoms with E-state index in [1.165, 1.54) is 0 Å². The molecule has 0 amide bonds. The van der Waals surface area contributed by atoms with Crippen LogP contribution in [0.25, 0.3) is 11.5 Å². The smallest absolute Gasteiger partial charge is 0.151 e. The molecule has 3 N–H and O–H groups in total. The SMILES string of the molecule is N[C@@H]1CCCN(c2cc(-c3ccco3)[nH]n2)C1. The molecular weight excluding hydrogens is 216 g/mol. The Hall–Kier alpha value is -1.75. The summed E-state index contributed by atoms with van der Waals surface area (Å²) in [6.07, 6.45) is 3.89. The average molecular weight is 232 g/mol. The molecule has 0 radical (unpaired) electrons. The standard InChI is InChI=1S/C12H16N4O/c13-9-3-1-5-16(8-9)12-7-10(14-15-12)11-4-2-6-17-11/h2,4,6-7,9H,1,3,5,8,13H2,(H,14,15)/t9-/m1/s1. The highest BCUT2D eigenvalue weighted by Gasteiger charge is 2.19. The molecule has 5 heteroatoms. The van der Waals surface area contributed by atoms with Crippen LogP contribution in [0.2, 0.25) is 0 Å². The third kappa shape index (κ3) is 2.06. The Bertz CT molecular complexity index is 476. The Morgan fingerprint density at radius 3 is 3.24 bits per heavy atom. The summed E-state index contributed by atoms with van der Waals surface area (Å²) < 4.78 is 5.33. The van der Waals surface area contributed by atoms with Gasteiger partial charge in [-0.3, -0.25) is 5.10 Å². The van der Waals surface area contributed by atoms with Crippen LogP contribution in [0.4, 0.5) is 5.82 Å². The zero-order valence-electron chi connectivity index (χ0n) is 9.60. The summed E-state index contributed by atoms with van der Waals surface area (Å²) in [5.74, 6) is 1.76. The van der Waals surface area contributed by atoms with Gasteiger partial charge in [-0.2, -0.15) is 5.10 Å². The lowest BCUT2D eigenvalue weighted by Crippen LogP contribution is -2.43. The number of H-pyrrole nitrogens is 1. The summed E-state index contributed by atoms with van der Waals surface area (Å²) >= 11 is 0. The fourth-order valence-electron chi connectivity index (χ4n) is 2.25. The second kappa shape index (κ2) is 4.25. The molecule has 1 atom stereocenters. The van der Waals surface area contributed by atoms with Crippen LogP contribution in [0.5, 0.6) is 0 Å². The van der Waals surface area contributed by atoms with E-state index < -0.39 is 0 Å². The third-order valence-electron chi connectivity index (χ3n) is 3.13. The number of rotatable bonds is 2. The number of piperidine rings is 1. The molecule has 0 aromatic carbocycles. The molecule has 1 aliphatic heterocycles. The van der Waals surface area contributed by atoms with Crippen molar-refractivity contribution in [2.45, 2.75) is 18.9 Å².